The lowest BCUT2D eigenvalue weighted by atomic mass is 9.65. The summed E-state index contributed by atoms with van der Waals surface area (Å²) in [5.41, 5.74) is 6.49. The largest absolute Gasteiger partial charge is 0.507 e. The maximum absolute atomic E-state index is 14.1. The number of nitrogens with one attached hydrogen (secondary N) is 1. The molecule has 0 aliphatic rings. The Morgan fingerprint density at radius 1 is 0.652 bits per heavy atom. The topological polar surface area (TPSA) is 49.3 Å². The Labute approximate surface area is 279 Å². The SMILES string of the molecule is CCc1c(C(C)(C)C)cc(C(C)(C)C)c(O)c1C(=O)Nc1ccc(C(c2ccccc2)(c2ccccc2)c2ccccc2)cc1Cl. The first-order valence-corrected chi connectivity index (χ1v) is 16.4. The van der Waals surface area contributed by atoms with E-state index in [9.17, 15) is 9.90 Å². The van der Waals surface area contributed by atoms with E-state index in [0.29, 0.717) is 22.7 Å². The van der Waals surface area contributed by atoms with Crippen LogP contribution in [0.15, 0.2) is 115 Å². The number of amides is 1. The number of rotatable bonds is 7. The van der Waals surface area contributed by atoms with E-state index < -0.39 is 5.41 Å². The molecular weight excluding hydrogens is 586 g/mol. The molecule has 2 N–H and O–H groups in total. The zero-order valence-electron chi connectivity index (χ0n) is 27.9. The van der Waals surface area contributed by atoms with Crippen LogP contribution in [0.2, 0.25) is 5.02 Å². The molecule has 3 nitrogen and oxygen atoms in total. The second-order valence-electron chi connectivity index (χ2n) is 14.0. The minimum atomic E-state index is -0.660. The highest BCUT2D eigenvalue weighted by atomic mass is 35.5. The summed E-state index contributed by atoms with van der Waals surface area (Å²) in [6.07, 6.45) is 0.605. The number of carbonyl (C=O) groups excluding carboxylic acids is 1. The van der Waals surface area contributed by atoms with Gasteiger partial charge in [0.15, 0.2) is 0 Å². The number of benzene rings is 5. The second-order valence-corrected chi connectivity index (χ2v) is 14.4. The average molecular weight is 630 g/mol. The Kier molecular flexibility index (Phi) is 9.20. The monoisotopic (exact) mass is 629 g/mol. The molecule has 0 heterocycles. The third-order valence-electron chi connectivity index (χ3n) is 8.87. The van der Waals surface area contributed by atoms with Gasteiger partial charge >= 0.3 is 0 Å². The van der Waals surface area contributed by atoms with Gasteiger partial charge in [0.05, 0.1) is 21.7 Å². The van der Waals surface area contributed by atoms with Gasteiger partial charge in [-0.25, -0.2) is 0 Å². The number of halogens is 1. The van der Waals surface area contributed by atoms with Crippen molar-refractivity contribution in [2.24, 2.45) is 0 Å². The third-order valence-corrected chi connectivity index (χ3v) is 9.19. The first-order chi connectivity index (χ1) is 21.8. The van der Waals surface area contributed by atoms with E-state index in [0.717, 1.165) is 38.9 Å². The molecule has 5 rings (SSSR count). The van der Waals surface area contributed by atoms with Crippen LogP contribution in [0.5, 0.6) is 5.75 Å². The fourth-order valence-corrected chi connectivity index (χ4v) is 6.89. The van der Waals surface area contributed by atoms with Gasteiger partial charge in [0.2, 0.25) is 0 Å². The van der Waals surface area contributed by atoms with E-state index in [1.165, 1.54) is 0 Å². The molecule has 0 saturated heterocycles. The molecule has 0 unspecified atom stereocenters. The van der Waals surface area contributed by atoms with E-state index in [4.69, 9.17) is 11.6 Å². The Bertz CT molecular complexity index is 1740. The van der Waals surface area contributed by atoms with Crippen molar-refractivity contribution >= 4 is 23.2 Å². The number of hydrogen-bond donors (Lipinski definition) is 2. The molecule has 0 aliphatic carbocycles. The number of anilines is 1. The standard InChI is InChI=1S/C42H44ClNO2/c1-8-32-33(40(2,3)4)27-34(41(5,6)7)38(45)37(32)39(46)44-36-25-24-31(26-35(36)43)42(28-18-12-9-13-19-28,29-20-14-10-15-21-29)30-22-16-11-17-23-30/h9-27,45H,8H2,1-7H3,(H,44,46). The predicted octanol–water partition coefficient (Wildman–Crippen LogP) is 10.8. The van der Waals surface area contributed by atoms with Crippen LogP contribution in [0, 0.1) is 0 Å². The van der Waals surface area contributed by atoms with Gasteiger partial charge in [0.1, 0.15) is 5.75 Å². The molecule has 0 aromatic heterocycles. The van der Waals surface area contributed by atoms with Gasteiger partial charge in [0, 0.05) is 5.56 Å². The van der Waals surface area contributed by atoms with Crippen molar-refractivity contribution in [3.8, 4) is 5.75 Å². The fraction of sp³-hybridized carbons (Fsp3) is 0.262. The highest BCUT2D eigenvalue weighted by molar-refractivity contribution is 6.34. The van der Waals surface area contributed by atoms with Crippen LogP contribution >= 0.6 is 11.6 Å². The molecular formula is C42H44ClNO2. The minimum absolute atomic E-state index is 0.0267. The van der Waals surface area contributed by atoms with Crippen LogP contribution in [0.1, 0.15) is 97.8 Å². The smallest absolute Gasteiger partial charge is 0.259 e. The molecule has 236 valence electrons. The van der Waals surface area contributed by atoms with Crippen LogP contribution in [0.3, 0.4) is 0 Å². The quantitative estimate of drug-likeness (QED) is 0.176. The Balaban J connectivity index is 1.67. The molecule has 0 bridgehead atoms. The molecule has 0 fully saturated rings. The van der Waals surface area contributed by atoms with Crippen molar-refractivity contribution in [3.05, 3.63) is 165 Å². The molecule has 0 aliphatic heterocycles. The van der Waals surface area contributed by atoms with E-state index in [2.05, 4.69) is 126 Å². The van der Waals surface area contributed by atoms with E-state index >= 15 is 0 Å². The summed E-state index contributed by atoms with van der Waals surface area (Å²) in [6, 6.07) is 39.2. The lowest BCUT2D eigenvalue weighted by Gasteiger charge is -2.37. The lowest BCUT2D eigenvalue weighted by Crippen LogP contribution is -2.31. The molecule has 0 spiro atoms. The van der Waals surface area contributed by atoms with E-state index in [1.807, 2.05) is 43.3 Å². The van der Waals surface area contributed by atoms with Gasteiger partial charge in [-0.2, -0.15) is 0 Å². The summed E-state index contributed by atoms with van der Waals surface area (Å²) in [4.78, 5) is 14.1. The zero-order chi connectivity index (χ0) is 33.3. The zero-order valence-corrected chi connectivity index (χ0v) is 28.7. The van der Waals surface area contributed by atoms with Crippen molar-refractivity contribution in [1.29, 1.82) is 0 Å². The maximum Gasteiger partial charge on any atom is 0.259 e. The highest BCUT2D eigenvalue weighted by Gasteiger charge is 2.39. The van der Waals surface area contributed by atoms with Crippen molar-refractivity contribution in [1.82, 2.24) is 0 Å². The molecule has 46 heavy (non-hydrogen) atoms. The van der Waals surface area contributed by atoms with Gasteiger partial charge < -0.3 is 10.4 Å². The van der Waals surface area contributed by atoms with Crippen LogP contribution in [-0.4, -0.2) is 11.0 Å². The highest BCUT2D eigenvalue weighted by Crippen LogP contribution is 2.47. The molecule has 1 amide bonds. The van der Waals surface area contributed by atoms with Crippen LogP contribution in [0.25, 0.3) is 0 Å². The fourth-order valence-electron chi connectivity index (χ4n) is 6.66. The second kappa shape index (κ2) is 12.8. The van der Waals surface area contributed by atoms with E-state index in [1.54, 1.807) is 0 Å². The lowest BCUT2D eigenvalue weighted by molar-refractivity contribution is 0.102. The van der Waals surface area contributed by atoms with Crippen molar-refractivity contribution < 1.29 is 9.90 Å². The normalized spacial score (nSPS) is 12.2. The minimum Gasteiger partial charge on any atom is -0.507 e. The third kappa shape index (κ3) is 6.09. The predicted molar refractivity (Wildman–Crippen MR) is 193 cm³/mol. The van der Waals surface area contributed by atoms with E-state index in [-0.39, 0.29) is 22.5 Å². The van der Waals surface area contributed by atoms with Crippen LogP contribution in [-0.2, 0) is 22.7 Å². The number of phenols is 1. The van der Waals surface area contributed by atoms with Gasteiger partial charge in [-0.3, -0.25) is 4.79 Å². The first kappa shape index (κ1) is 33.0. The van der Waals surface area contributed by atoms with Crippen LogP contribution in [0.4, 0.5) is 5.69 Å². The Morgan fingerprint density at radius 3 is 1.50 bits per heavy atom. The summed E-state index contributed by atoms with van der Waals surface area (Å²) in [6.45, 7) is 14.6. The van der Waals surface area contributed by atoms with Gasteiger partial charge in [-0.15, -0.1) is 0 Å². The molecule has 0 radical (unpaired) electrons. The Hall–Kier alpha value is -4.34. The summed E-state index contributed by atoms with van der Waals surface area (Å²) in [7, 11) is 0. The summed E-state index contributed by atoms with van der Waals surface area (Å²) < 4.78 is 0. The van der Waals surface area contributed by atoms with Gasteiger partial charge in [0.25, 0.3) is 5.91 Å². The number of phenolic OH excluding ortho intramolecular Hbond substituents is 1. The molecule has 0 atom stereocenters. The average Bonchev–Trinajstić information content (AvgIpc) is 3.02. The van der Waals surface area contributed by atoms with Crippen molar-refractivity contribution in [2.75, 3.05) is 5.32 Å². The summed E-state index contributed by atoms with van der Waals surface area (Å²) in [5, 5.41) is 15.1. The van der Waals surface area contributed by atoms with Crippen LogP contribution < -0.4 is 5.32 Å². The molecule has 5 aromatic carbocycles. The first-order valence-electron chi connectivity index (χ1n) is 16.0. The Morgan fingerprint density at radius 2 is 1.11 bits per heavy atom. The summed E-state index contributed by atoms with van der Waals surface area (Å²) >= 11 is 7.07. The molecule has 4 heteroatoms. The van der Waals surface area contributed by atoms with Crippen molar-refractivity contribution in [3.63, 3.8) is 0 Å². The molecule has 0 saturated carbocycles. The maximum atomic E-state index is 14.1. The number of carbonyl (C=O) groups is 1. The summed E-state index contributed by atoms with van der Waals surface area (Å²) in [5.74, 6) is -0.347. The molecule has 5 aromatic rings. The van der Waals surface area contributed by atoms with Gasteiger partial charge in [-0.1, -0.05) is 163 Å². The van der Waals surface area contributed by atoms with Crippen molar-refractivity contribution in [2.45, 2.75) is 71.1 Å². The number of aromatic hydroxyl groups is 1. The number of hydrogen-bond acceptors (Lipinski definition) is 2. The van der Waals surface area contributed by atoms with Gasteiger partial charge in [-0.05, 0) is 62.8 Å².